The fourth-order valence-corrected chi connectivity index (χ4v) is 3.51. The fourth-order valence-electron chi connectivity index (χ4n) is 2.89. The predicted molar refractivity (Wildman–Crippen MR) is 81.2 cm³/mol. The summed E-state index contributed by atoms with van der Waals surface area (Å²) >= 11 is 1.42. The highest BCUT2D eigenvalue weighted by atomic mass is 32.1. The Morgan fingerprint density at radius 3 is 2.71 bits per heavy atom. The minimum absolute atomic E-state index is 0.0977. The van der Waals surface area contributed by atoms with E-state index in [4.69, 9.17) is 9.47 Å². The van der Waals surface area contributed by atoms with Crippen LogP contribution < -0.4 is 14.8 Å². The molecule has 1 saturated carbocycles. The van der Waals surface area contributed by atoms with Crippen LogP contribution in [0.25, 0.3) is 0 Å². The Labute approximate surface area is 126 Å². The van der Waals surface area contributed by atoms with Gasteiger partial charge in [-0.05, 0) is 36.4 Å². The average molecular weight is 301 g/mol. The van der Waals surface area contributed by atoms with Crippen LogP contribution in [0, 0.1) is 0 Å². The predicted octanol–water partition coefficient (Wildman–Crippen LogP) is 4.04. The van der Waals surface area contributed by atoms with Crippen LogP contribution in [0.4, 0.5) is 5.69 Å². The highest BCUT2D eigenvalue weighted by molar-refractivity contribution is 7.12. The van der Waals surface area contributed by atoms with Crippen molar-refractivity contribution in [1.82, 2.24) is 0 Å². The molecule has 1 amide bonds. The molecule has 0 bridgehead atoms. The van der Waals surface area contributed by atoms with Gasteiger partial charge in [-0.1, -0.05) is 6.07 Å². The first kappa shape index (κ1) is 12.7. The van der Waals surface area contributed by atoms with Gasteiger partial charge < -0.3 is 14.8 Å². The molecule has 21 heavy (non-hydrogen) atoms. The maximum atomic E-state index is 12.1. The van der Waals surface area contributed by atoms with E-state index in [1.807, 2.05) is 29.6 Å². The summed E-state index contributed by atoms with van der Waals surface area (Å²) in [6.45, 7) is 0. The molecule has 2 aromatic rings. The van der Waals surface area contributed by atoms with Gasteiger partial charge >= 0.3 is 0 Å². The molecule has 2 aliphatic rings. The van der Waals surface area contributed by atoms with Gasteiger partial charge in [-0.3, -0.25) is 4.79 Å². The smallest absolute Gasteiger partial charge is 0.265 e. The van der Waals surface area contributed by atoms with Crippen molar-refractivity contribution in [3.05, 3.63) is 40.6 Å². The second kappa shape index (κ2) is 4.77. The quantitative estimate of drug-likeness (QED) is 0.910. The number of hydrogen-bond donors (Lipinski definition) is 1. The lowest BCUT2D eigenvalue weighted by molar-refractivity contribution is -0.0716. The molecule has 1 aromatic heterocycles. The summed E-state index contributed by atoms with van der Waals surface area (Å²) in [7, 11) is 0. The van der Waals surface area contributed by atoms with E-state index in [0.717, 1.165) is 42.9 Å². The third-order valence-electron chi connectivity index (χ3n) is 3.90. The number of fused-ring (bicyclic) bond motifs is 1. The standard InChI is InChI=1S/C16H15NO3S/c18-15(14-4-3-9-21-14)17-11-5-6-12-13(10-11)20-16(19-12)7-1-2-8-16/h3-6,9-10H,1-2,7-8H2,(H,17,18). The van der Waals surface area contributed by atoms with Crippen LogP contribution in [-0.4, -0.2) is 11.7 Å². The van der Waals surface area contributed by atoms with Gasteiger partial charge in [-0.25, -0.2) is 0 Å². The largest absolute Gasteiger partial charge is 0.448 e. The summed E-state index contributed by atoms with van der Waals surface area (Å²) in [6.07, 6.45) is 4.13. The molecule has 0 unspecified atom stereocenters. The number of anilines is 1. The molecule has 1 aliphatic carbocycles. The minimum Gasteiger partial charge on any atom is -0.448 e. The second-order valence-corrected chi connectivity index (χ2v) is 6.36. The van der Waals surface area contributed by atoms with Crippen molar-refractivity contribution in [2.75, 3.05) is 5.32 Å². The molecular formula is C16H15NO3S. The number of ether oxygens (including phenoxy) is 2. The Bertz CT molecular complexity index is 675. The Balaban J connectivity index is 1.53. The summed E-state index contributed by atoms with van der Waals surface area (Å²) in [6, 6.07) is 9.23. The number of amides is 1. The summed E-state index contributed by atoms with van der Waals surface area (Å²) in [5.41, 5.74) is 0.728. The van der Waals surface area contributed by atoms with E-state index in [-0.39, 0.29) is 5.91 Å². The van der Waals surface area contributed by atoms with Gasteiger partial charge in [0.1, 0.15) is 0 Å². The molecule has 0 atom stereocenters. The number of carbonyl (C=O) groups excluding carboxylic acids is 1. The first-order valence-electron chi connectivity index (χ1n) is 7.11. The third kappa shape index (κ3) is 2.27. The number of thiophene rings is 1. The van der Waals surface area contributed by atoms with Crippen LogP contribution in [-0.2, 0) is 0 Å². The van der Waals surface area contributed by atoms with Gasteiger partial charge in [0.25, 0.3) is 11.7 Å². The van der Waals surface area contributed by atoms with Crippen molar-refractivity contribution >= 4 is 22.9 Å². The van der Waals surface area contributed by atoms with Crippen molar-refractivity contribution in [1.29, 1.82) is 0 Å². The molecule has 4 rings (SSSR count). The summed E-state index contributed by atoms with van der Waals surface area (Å²) in [5, 5.41) is 4.78. The fraction of sp³-hybridized carbons (Fsp3) is 0.312. The third-order valence-corrected chi connectivity index (χ3v) is 4.77. The first-order chi connectivity index (χ1) is 10.2. The Morgan fingerprint density at radius 1 is 1.14 bits per heavy atom. The highest BCUT2D eigenvalue weighted by Gasteiger charge is 2.44. The van der Waals surface area contributed by atoms with Crippen LogP contribution >= 0.6 is 11.3 Å². The molecule has 1 aliphatic heterocycles. The van der Waals surface area contributed by atoms with E-state index in [0.29, 0.717) is 4.88 Å². The molecule has 0 radical (unpaired) electrons. The van der Waals surface area contributed by atoms with Crippen LogP contribution in [0.2, 0.25) is 0 Å². The van der Waals surface area contributed by atoms with Crippen LogP contribution in [0.5, 0.6) is 11.5 Å². The highest BCUT2D eigenvalue weighted by Crippen LogP contribution is 2.47. The summed E-state index contributed by atoms with van der Waals surface area (Å²) in [4.78, 5) is 12.7. The van der Waals surface area contributed by atoms with Crippen LogP contribution in [0.1, 0.15) is 35.4 Å². The molecule has 2 heterocycles. The van der Waals surface area contributed by atoms with Gasteiger partial charge in [0, 0.05) is 24.6 Å². The van der Waals surface area contributed by atoms with Crippen molar-refractivity contribution in [3.8, 4) is 11.5 Å². The van der Waals surface area contributed by atoms with Crippen molar-refractivity contribution < 1.29 is 14.3 Å². The maximum Gasteiger partial charge on any atom is 0.265 e. The SMILES string of the molecule is O=C(Nc1ccc2c(c1)OC1(CCCC1)O2)c1cccs1. The molecule has 1 N–H and O–H groups in total. The first-order valence-corrected chi connectivity index (χ1v) is 7.99. The van der Waals surface area contributed by atoms with Crippen LogP contribution in [0.3, 0.4) is 0 Å². The van der Waals surface area contributed by atoms with Gasteiger partial charge in [0.15, 0.2) is 11.5 Å². The zero-order chi connectivity index (χ0) is 14.3. The Kier molecular flexibility index (Phi) is 2.89. The Hall–Kier alpha value is -2.01. The normalized spacial score (nSPS) is 18.1. The van der Waals surface area contributed by atoms with Crippen LogP contribution in [0.15, 0.2) is 35.7 Å². The lowest BCUT2D eigenvalue weighted by atomic mass is 10.2. The molecule has 108 valence electrons. The van der Waals surface area contributed by atoms with E-state index < -0.39 is 5.79 Å². The van der Waals surface area contributed by atoms with Crippen molar-refractivity contribution in [2.45, 2.75) is 31.5 Å². The van der Waals surface area contributed by atoms with Crippen molar-refractivity contribution in [3.63, 3.8) is 0 Å². The Morgan fingerprint density at radius 2 is 1.95 bits per heavy atom. The van der Waals surface area contributed by atoms with Gasteiger partial charge in [0.2, 0.25) is 0 Å². The topological polar surface area (TPSA) is 47.6 Å². The van der Waals surface area contributed by atoms with E-state index in [2.05, 4.69) is 5.32 Å². The van der Waals surface area contributed by atoms with E-state index in [1.165, 1.54) is 11.3 Å². The minimum atomic E-state index is -0.460. The molecule has 1 aromatic carbocycles. The van der Waals surface area contributed by atoms with Gasteiger partial charge in [0.05, 0.1) is 4.88 Å². The summed E-state index contributed by atoms with van der Waals surface area (Å²) in [5.74, 6) is 0.935. The van der Waals surface area contributed by atoms with E-state index in [1.54, 1.807) is 6.07 Å². The molecule has 1 fully saturated rings. The lowest BCUT2D eigenvalue weighted by Gasteiger charge is -2.21. The number of hydrogen-bond acceptors (Lipinski definition) is 4. The lowest BCUT2D eigenvalue weighted by Crippen LogP contribution is -2.34. The number of rotatable bonds is 2. The number of benzene rings is 1. The monoisotopic (exact) mass is 301 g/mol. The van der Waals surface area contributed by atoms with E-state index in [9.17, 15) is 4.79 Å². The second-order valence-electron chi connectivity index (χ2n) is 5.41. The maximum absolute atomic E-state index is 12.1. The molecule has 1 spiro atoms. The zero-order valence-electron chi connectivity index (χ0n) is 11.4. The summed E-state index contributed by atoms with van der Waals surface area (Å²) < 4.78 is 12.0. The van der Waals surface area contributed by atoms with E-state index >= 15 is 0 Å². The number of carbonyl (C=O) groups is 1. The van der Waals surface area contributed by atoms with Gasteiger partial charge in [-0.2, -0.15) is 0 Å². The number of nitrogens with one attached hydrogen (secondary N) is 1. The molecule has 0 saturated heterocycles. The average Bonchev–Trinajstić information content (AvgIpc) is 3.19. The van der Waals surface area contributed by atoms with Crippen molar-refractivity contribution in [2.24, 2.45) is 0 Å². The zero-order valence-corrected chi connectivity index (χ0v) is 12.2. The molecular weight excluding hydrogens is 286 g/mol. The molecule has 5 heteroatoms. The van der Waals surface area contributed by atoms with Gasteiger partial charge in [-0.15, -0.1) is 11.3 Å². The molecule has 4 nitrogen and oxygen atoms in total.